The predicted molar refractivity (Wildman–Crippen MR) is 108 cm³/mol. The third kappa shape index (κ3) is 3.01. The molecule has 0 atom stereocenters. The first-order valence-corrected chi connectivity index (χ1v) is 9.33. The molecule has 4 heterocycles. The first kappa shape index (κ1) is 16.9. The van der Waals surface area contributed by atoms with E-state index in [-0.39, 0.29) is 11.4 Å². The number of H-pyrrole nitrogens is 1. The second-order valence-electron chi connectivity index (χ2n) is 7.15. The summed E-state index contributed by atoms with van der Waals surface area (Å²) in [4.78, 5) is 21.7. The lowest BCUT2D eigenvalue weighted by Crippen LogP contribution is -2.28. The molecule has 3 aromatic heterocycles. The van der Waals surface area contributed by atoms with Crippen molar-refractivity contribution in [3.8, 4) is 0 Å². The molecule has 1 aliphatic heterocycles. The highest BCUT2D eigenvalue weighted by atomic mass is 19.1. The molecule has 140 valence electrons. The van der Waals surface area contributed by atoms with Crippen molar-refractivity contribution in [2.24, 2.45) is 0 Å². The number of aromatic amines is 1. The summed E-state index contributed by atoms with van der Waals surface area (Å²) in [5.74, 6) is -0.312. The number of pyridine rings is 1. The highest BCUT2D eigenvalue weighted by Gasteiger charge is 2.15. The van der Waals surface area contributed by atoms with Gasteiger partial charge in [0.2, 0.25) is 0 Å². The summed E-state index contributed by atoms with van der Waals surface area (Å²) in [5, 5.41) is 0. The quantitative estimate of drug-likeness (QED) is 0.596. The van der Waals surface area contributed by atoms with Crippen LogP contribution in [0.2, 0.25) is 0 Å². The molecule has 0 fully saturated rings. The molecule has 0 saturated carbocycles. The average Bonchev–Trinajstić information content (AvgIpc) is 3.20. The molecule has 1 N–H and O–H groups in total. The number of rotatable bonds is 3. The normalized spacial score (nSPS) is 15.2. The molecule has 0 spiro atoms. The van der Waals surface area contributed by atoms with E-state index >= 15 is 0 Å². The number of aromatic nitrogens is 3. The second kappa shape index (κ2) is 6.73. The fourth-order valence-corrected chi connectivity index (χ4v) is 3.87. The summed E-state index contributed by atoms with van der Waals surface area (Å²) in [6, 6.07) is 13.1. The molecule has 1 aromatic carbocycles. The molecule has 1 aliphatic rings. The highest BCUT2D eigenvalue weighted by Crippen LogP contribution is 2.22. The number of fused-ring (bicyclic) bond motifs is 3. The average molecular weight is 374 g/mol. The number of nitrogens with zero attached hydrogens (tertiary/aromatic N) is 3. The standard InChI is InChI=1S/C22H19FN4O/c23-17-4-5-18(24-13-17)16-7-10-26(11-8-16)14-15-3-6-20-19(12-15)25-22(28)21-2-1-9-27(20)21/h1-7,9,12-13H,8,10-11,14H2,(H,25,28). The van der Waals surface area contributed by atoms with Crippen LogP contribution >= 0.6 is 0 Å². The second-order valence-corrected chi connectivity index (χ2v) is 7.15. The maximum Gasteiger partial charge on any atom is 0.272 e. The van der Waals surface area contributed by atoms with E-state index in [2.05, 4.69) is 39.1 Å². The summed E-state index contributed by atoms with van der Waals surface area (Å²) in [5.41, 5.74) is 5.58. The lowest BCUT2D eigenvalue weighted by molar-refractivity contribution is 0.294. The molecule has 5 rings (SSSR count). The fourth-order valence-electron chi connectivity index (χ4n) is 3.87. The first-order valence-electron chi connectivity index (χ1n) is 9.33. The van der Waals surface area contributed by atoms with Crippen molar-refractivity contribution < 1.29 is 4.39 Å². The summed E-state index contributed by atoms with van der Waals surface area (Å²) < 4.78 is 15.0. The van der Waals surface area contributed by atoms with Crippen molar-refractivity contribution in [2.75, 3.05) is 13.1 Å². The van der Waals surface area contributed by atoms with Gasteiger partial charge < -0.3 is 9.38 Å². The van der Waals surface area contributed by atoms with Crippen LogP contribution in [0.5, 0.6) is 0 Å². The maximum atomic E-state index is 13.0. The minimum atomic E-state index is -0.312. The fraction of sp³-hybridized carbons (Fsp3) is 0.182. The van der Waals surface area contributed by atoms with E-state index in [4.69, 9.17) is 0 Å². The van der Waals surface area contributed by atoms with Gasteiger partial charge in [-0.2, -0.15) is 0 Å². The zero-order valence-electron chi connectivity index (χ0n) is 15.2. The van der Waals surface area contributed by atoms with E-state index in [1.165, 1.54) is 12.3 Å². The Labute approximate surface area is 160 Å². The van der Waals surface area contributed by atoms with Crippen molar-refractivity contribution in [1.29, 1.82) is 0 Å². The Kier molecular flexibility index (Phi) is 4.06. The Balaban J connectivity index is 1.36. The molecule has 6 heteroatoms. The minimum absolute atomic E-state index is 0.0769. The predicted octanol–water partition coefficient (Wildman–Crippen LogP) is 3.60. The monoisotopic (exact) mass is 374 g/mol. The number of nitrogens with one attached hydrogen (secondary N) is 1. The van der Waals surface area contributed by atoms with Gasteiger partial charge in [-0.1, -0.05) is 12.1 Å². The Bertz CT molecular complexity index is 1250. The van der Waals surface area contributed by atoms with Gasteiger partial charge >= 0.3 is 0 Å². The van der Waals surface area contributed by atoms with Gasteiger partial charge in [0.15, 0.2) is 0 Å². The van der Waals surface area contributed by atoms with E-state index in [1.54, 1.807) is 6.07 Å². The van der Waals surface area contributed by atoms with Gasteiger partial charge in [0, 0.05) is 25.8 Å². The third-order valence-electron chi connectivity index (χ3n) is 5.31. The number of halogens is 1. The SMILES string of the molecule is O=c1[nH]c2cc(CN3CC=C(c4ccc(F)cn4)CC3)ccc2n2cccc12. The maximum absolute atomic E-state index is 13.0. The molecule has 0 amide bonds. The zero-order chi connectivity index (χ0) is 19.1. The smallest absolute Gasteiger partial charge is 0.272 e. The van der Waals surface area contributed by atoms with Gasteiger partial charge in [0.1, 0.15) is 11.3 Å². The van der Waals surface area contributed by atoms with Gasteiger partial charge in [-0.05, 0) is 54.0 Å². The number of benzene rings is 1. The van der Waals surface area contributed by atoms with E-state index < -0.39 is 0 Å². The summed E-state index contributed by atoms with van der Waals surface area (Å²) >= 11 is 0. The Morgan fingerprint density at radius 2 is 2.07 bits per heavy atom. The van der Waals surface area contributed by atoms with Gasteiger partial charge in [-0.15, -0.1) is 0 Å². The largest absolute Gasteiger partial charge is 0.319 e. The molecular formula is C22H19FN4O. The van der Waals surface area contributed by atoms with Crippen molar-refractivity contribution >= 4 is 22.1 Å². The van der Waals surface area contributed by atoms with Crippen LogP contribution in [0.4, 0.5) is 4.39 Å². The van der Waals surface area contributed by atoms with Crippen LogP contribution in [0, 0.1) is 5.82 Å². The molecule has 0 saturated heterocycles. The first-order chi connectivity index (χ1) is 13.7. The van der Waals surface area contributed by atoms with E-state index in [0.29, 0.717) is 5.52 Å². The van der Waals surface area contributed by atoms with Crippen LogP contribution in [0.25, 0.3) is 22.1 Å². The molecule has 28 heavy (non-hydrogen) atoms. The summed E-state index contributed by atoms with van der Waals surface area (Å²) in [7, 11) is 0. The lowest BCUT2D eigenvalue weighted by atomic mass is 10.0. The van der Waals surface area contributed by atoms with Crippen LogP contribution in [-0.2, 0) is 6.54 Å². The van der Waals surface area contributed by atoms with Crippen molar-refractivity contribution in [3.05, 3.63) is 88.4 Å². The Morgan fingerprint density at radius 3 is 2.86 bits per heavy atom. The van der Waals surface area contributed by atoms with Crippen LogP contribution in [-0.4, -0.2) is 32.4 Å². The van der Waals surface area contributed by atoms with Gasteiger partial charge in [0.25, 0.3) is 5.56 Å². The van der Waals surface area contributed by atoms with Crippen molar-refractivity contribution in [2.45, 2.75) is 13.0 Å². The van der Waals surface area contributed by atoms with Gasteiger partial charge in [-0.3, -0.25) is 14.7 Å². The molecular weight excluding hydrogens is 355 g/mol. The minimum Gasteiger partial charge on any atom is -0.319 e. The number of hydrogen-bond donors (Lipinski definition) is 1. The van der Waals surface area contributed by atoms with Crippen LogP contribution in [0.1, 0.15) is 17.7 Å². The zero-order valence-corrected chi connectivity index (χ0v) is 15.2. The van der Waals surface area contributed by atoms with Gasteiger partial charge in [-0.25, -0.2) is 4.39 Å². The van der Waals surface area contributed by atoms with Crippen molar-refractivity contribution in [1.82, 2.24) is 19.3 Å². The molecule has 0 unspecified atom stereocenters. The van der Waals surface area contributed by atoms with E-state index in [9.17, 15) is 9.18 Å². The van der Waals surface area contributed by atoms with Crippen molar-refractivity contribution in [3.63, 3.8) is 0 Å². The van der Waals surface area contributed by atoms with E-state index in [1.807, 2.05) is 22.7 Å². The van der Waals surface area contributed by atoms with Crippen LogP contribution in [0.3, 0.4) is 0 Å². The van der Waals surface area contributed by atoms with E-state index in [0.717, 1.165) is 53.9 Å². The number of hydrogen-bond acceptors (Lipinski definition) is 3. The molecule has 4 aromatic rings. The third-order valence-corrected chi connectivity index (χ3v) is 5.31. The summed E-state index contributed by atoms with van der Waals surface area (Å²) in [6.07, 6.45) is 6.22. The Hall–Kier alpha value is -3.25. The van der Waals surface area contributed by atoms with Gasteiger partial charge in [0.05, 0.1) is 22.9 Å². The molecule has 0 bridgehead atoms. The van der Waals surface area contributed by atoms with Crippen LogP contribution < -0.4 is 5.56 Å². The summed E-state index contributed by atoms with van der Waals surface area (Å²) in [6.45, 7) is 2.54. The molecule has 5 nitrogen and oxygen atoms in total. The highest BCUT2D eigenvalue weighted by molar-refractivity contribution is 5.79. The van der Waals surface area contributed by atoms with Crippen LogP contribution in [0.15, 0.2) is 65.7 Å². The topological polar surface area (TPSA) is 53.4 Å². The molecule has 0 aliphatic carbocycles. The Morgan fingerprint density at radius 1 is 1.14 bits per heavy atom. The lowest BCUT2D eigenvalue weighted by Gasteiger charge is -2.26. The molecule has 0 radical (unpaired) electrons.